The zero-order valence-corrected chi connectivity index (χ0v) is 42.5. The number of guanidine groups is 1. The number of carbonyl (C=O) groups is 1. The summed E-state index contributed by atoms with van der Waals surface area (Å²) in [7, 11) is 5.59. The number of allylic oxidation sites excluding steroid dienone is 3. The van der Waals surface area contributed by atoms with Crippen molar-refractivity contribution < 1.29 is 25.2 Å². The molecular weight excluding hydrogens is 877 g/mol. The van der Waals surface area contributed by atoms with Gasteiger partial charge in [0.25, 0.3) is 0 Å². The highest BCUT2D eigenvalue weighted by molar-refractivity contribution is 8.76. The van der Waals surface area contributed by atoms with Crippen molar-refractivity contribution in [3.8, 4) is 0 Å². The molecule has 9 aliphatic carbocycles. The lowest BCUT2D eigenvalue weighted by Gasteiger charge is -2.65. The third kappa shape index (κ3) is 6.93. The SMILES string of the molecule is CNC[C@@H]1[C@@H](O)[C@@H](O)C[C@]2(C)[C@@H]3C(=CC(=O)[C@H]12)[C@]1(O)[C@H]2CSSC[C@H](n4ccnc4)CC(C)(C)C4=C5CCCC6(CCCC6)[C@@H]5C5=C6[C@@H](CCC5)C[C@H]([C@H](O)[C@H]64)[C@@H](C2)[C@@]1(C)C[C@H]3CN=C(N)N. The smallest absolute Gasteiger partial charge is 0.185 e. The van der Waals surface area contributed by atoms with Crippen molar-refractivity contribution in [3.63, 3.8) is 0 Å². The Hall–Kier alpha value is -2.13. The second-order valence-electron chi connectivity index (χ2n) is 25.0. The number of hydrogen-bond donors (Lipinski definition) is 7. The summed E-state index contributed by atoms with van der Waals surface area (Å²) in [4.78, 5) is 24.4. The largest absolute Gasteiger partial charge is 0.392 e. The van der Waals surface area contributed by atoms with Crippen LogP contribution in [0.5, 0.6) is 0 Å². The van der Waals surface area contributed by atoms with Crippen molar-refractivity contribution in [1.82, 2.24) is 14.9 Å². The molecule has 6 saturated carbocycles. The first kappa shape index (κ1) is 47.2. The number of aromatic nitrogens is 2. The van der Waals surface area contributed by atoms with E-state index in [4.69, 9.17) is 16.5 Å². The first-order chi connectivity index (χ1) is 32.0. The summed E-state index contributed by atoms with van der Waals surface area (Å²) in [5, 5.41) is 54.7. The molecule has 9 N–H and O–H groups in total. The minimum Gasteiger partial charge on any atom is -0.392 e. The van der Waals surface area contributed by atoms with Gasteiger partial charge in [0.05, 0.1) is 30.2 Å². The predicted molar refractivity (Wildman–Crippen MR) is 267 cm³/mol. The number of aliphatic hydroxyl groups is 4. The average Bonchev–Trinajstić information content (AvgIpc) is 4.04. The monoisotopic (exact) mass is 957 g/mol. The molecule has 0 aromatic carbocycles. The van der Waals surface area contributed by atoms with Gasteiger partial charge in [-0.2, -0.15) is 0 Å². The van der Waals surface area contributed by atoms with E-state index in [-0.39, 0.29) is 65.1 Å². The molecule has 368 valence electrons. The Labute approximate surface area is 407 Å². The number of imidazole rings is 1. The maximum Gasteiger partial charge on any atom is 0.185 e. The molecule has 17 atom stereocenters. The van der Waals surface area contributed by atoms with Crippen LogP contribution in [-0.2, 0) is 4.79 Å². The standard InChI is InChI=1S/C54H80N6O5S2/c1-50(2)22-32(60-17-16-58-28-60)27-67-66-26-31-19-37(35-18-29-10-8-11-33-41(29)42(48(35)64)46(50)34-12-9-15-53(44(33)34)13-6-7-14-53)52(4)21-30(24-59-49(55)56)43-38(54(31,52)65)20-39(61)45-36(25-57-5)47(63)40(62)23-51(43,45)3/h16-17,20,28-32,35-37,40,42-45,47-48,57,62-65H,6-15,18-19,21-27H2,1-5H3,(H4,55,56,59)/t29-,30-,31+,32+,35-,36-,37+,40-,42+,43-,44+,45-,47+,48-,51+,52+,54+/m0/s1. The maximum absolute atomic E-state index is 15.1. The van der Waals surface area contributed by atoms with E-state index in [9.17, 15) is 20.4 Å². The Morgan fingerprint density at radius 2 is 1.69 bits per heavy atom. The van der Waals surface area contributed by atoms with Crippen LogP contribution in [0, 0.1) is 80.8 Å². The zero-order chi connectivity index (χ0) is 47.0. The summed E-state index contributed by atoms with van der Waals surface area (Å²) in [5.74, 6) is 0.658. The van der Waals surface area contributed by atoms with Crippen LogP contribution in [0.1, 0.15) is 130 Å². The predicted octanol–water partition coefficient (Wildman–Crippen LogP) is 7.38. The summed E-state index contributed by atoms with van der Waals surface area (Å²) in [6.45, 7) is 10.2. The topological polar surface area (TPSA) is 192 Å². The normalized spacial score (nSPS) is 46.5. The summed E-state index contributed by atoms with van der Waals surface area (Å²) < 4.78 is 2.32. The fraction of sp³-hybridized carbons (Fsp3) is 0.796. The van der Waals surface area contributed by atoms with Gasteiger partial charge in [-0.1, -0.05) is 84.4 Å². The van der Waals surface area contributed by atoms with E-state index >= 15 is 4.79 Å². The number of fused-ring (bicyclic) bond motifs is 14. The molecular formula is C54H80N6O5S2. The number of nitrogens with one attached hydrogen (secondary N) is 1. The molecule has 4 bridgehead atoms. The van der Waals surface area contributed by atoms with Gasteiger partial charge >= 0.3 is 0 Å². The van der Waals surface area contributed by atoms with Crippen molar-refractivity contribution in [2.75, 3.05) is 31.6 Å². The van der Waals surface area contributed by atoms with Gasteiger partial charge in [-0.15, -0.1) is 0 Å². The minimum absolute atomic E-state index is 0.0158. The lowest BCUT2D eigenvalue weighted by molar-refractivity contribution is -0.183. The summed E-state index contributed by atoms with van der Waals surface area (Å²) in [6, 6.07) is 0.191. The van der Waals surface area contributed by atoms with Crippen LogP contribution < -0.4 is 16.8 Å². The lowest BCUT2D eigenvalue weighted by Crippen LogP contribution is -2.67. The highest BCUT2D eigenvalue weighted by atomic mass is 33.1. The first-order valence-corrected chi connectivity index (χ1v) is 28.9. The highest BCUT2D eigenvalue weighted by Crippen LogP contribution is 2.74. The molecule has 0 radical (unpaired) electrons. The molecule has 7 fully saturated rings. The van der Waals surface area contributed by atoms with Gasteiger partial charge in [0.15, 0.2) is 11.7 Å². The van der Waals surface area contributed by atoms with Gasteiger partial charge < -0.3 is 41.8 Å². The number of nitrogens with zero attached hydrogens (tertiary/aromatic N) is 3. The van der Waals surface area contributed by atoms with Gasteiger partial charge in [-0.3, -0.25) is 9.79 Å². The third-order valence-electron chi connectivity index (χ3n) is 21.4. The Kier molecular flexibility index (Phi) is 12.0. The van der Waals surface area contributed by atoms with E-state index in [1.807, 2.05) is 41.2 Å². The Morgan fingerprint density at radius 3 is 2.42 bits per heavy atom. The van der Waals surface area contributed by atoms with Crippen molar-refractivity contribution >= 4 is 33.3 Å². The summed E-state index contributed by atoms with van der Waals surface area (Å²) in [5.41, 5.74) is 17.0. The number of ketones is 1. The van der Waals surface area contributed by atoms with Gasteiger partial charge in [0.2, 0.25) is 0 Å². The van der Waals surface area contributed by atoms with Crippen LogP contribution >= 0.6 is 21.6 Å². The zero-order valence-electron chi connectivity index (χ0n) is 40.8. The van der Waals surface area contributed by atoms with Crippen LogP contribution in [0.25, 0.3) is 0 Å². The molecule has 1 aromatic heterocycles. The Balaban J connectivity index is 1.09. The molecule has 1 aliphatic heterocycles. The molecule has 1 spiro atoms. The van der Waals surface area contributed by atoms with E-state index in [0.717, 1.165) is 49.9 Å². The Bertz CT molecular complexity index is 2230. The number of aliphatic hydroxyl groups excluding tert-OH is 3. The summed E-state index contributed by atoms with van der Waals surface area (Å²) in [6.07, 6.45) is 21.2. The lowest BCUT2D eigenvalue weighted by atomic mass is 9.41. The highest BCUT2D eigenvalue weighted by Gasteiger charge is 2.74. The van der Waals surface area contributed by atoms with Crippen LogP contribution in [0.4, 0.5) is 0 Å². The van der Waals surface area contributed by atoms with E-state index in [0.29, 0.717) is 42.5 Å². The van der Waals surface area contributed by atoms with Crippen molar-refractivity contribution in [2.24, 2.45) is 97.3 Å². The quantitative estimate of drug-likeness (QED) is 0.0675. The van der Waals surface area contributed by atoms with Crippen LogP contribution in [0.3, 0.4) is 0 Å². The summed E-state index contributed by atoms with van der Waals surface area (Å²) >= 11 is 0. The average molecular weight is 957 g/mol. The van der Waals surface area contributed by atoms with Crippen molar-refractivity contribution in [3.05, 3.63) is 52.7 Å². The molecule has 11 rings (SSSR count). The molecule has 11 nitrogen and oxygen atoms in total. The maximum atomic E-state index is 15.1. The van der Waals surface area contributed by atoms with Crippen molar-refractivity contribution in [2.45, 2.75) is 154 Å². The second kappa shape index (κ2) is 17.0. The number of hydrogen-bond acceptors (Lipinski definition) is 10. The van der Waals surface area contributed by atoms with Crippen LogP contribution in [0.2, 0.25) is 0 Å². The van der Waals surface area contributed by atoms with E-state index in [2.05, 4.69) is 48.8 Å². The number of aliphatic imine (C=N–C) groups is 1. The van der Waals surface area contributed by atoms with E-state index in [1.165, 1.54) is 44.9 Å². The minimum atomic E-state index is -1.36. The molecule has 1 saturated heterocycles. The van der Waals surface area contributed by atoms with E-state index < -0.39 is 46.6 Å². The van der Waals surface area contributed by atoms with Gasteiger partial charge in [-0.05, 0) is 148 Å². The van der Waals surface area contributed by atoms with Crippen LogP contribution in [0.15, 0.2) is 57.7 Å². The molecule has 2 heterocycles. The molecule has 10 aliphatic rings. The first-order valence-electron chi connectivity index (χ1n) is 26.4. The van der Waals surface area contributed by atoms with Gasteiger partial charge in [-0.25, -0.2) is 4.98 Å². The fourth-order valence-electron chi connectivity index (χ4n) is 19.3. The number of nitrogens with two attached hydrogens (primary N) is 2. The van der Waals surface area contributed by atoms with Crippen LogP contribution in [-0.4, -0.2) is 97.3 Å². The van der Waals surface area contributed by atoms with E-state index in [1.54, 1.807) is 28.4 Å². The third-order valence-corrected chi connectivity index (χ3v) is 23.9. The van der Waals surface area contributed by atoms with Gasteiger partial charge in [0.1, 0.15) is 0 Å². The molecule has 1 aromatic rings. The number of carbonyl (C=O) groups excluding carboxylic acids is 1. The molecule has 0 unspecified atom stereocenters. The molecule has 13 heteroatoms. The fourth-order valence-corrected chi connectivity index (χ4v) is 22.1. The number of rotatable bonds is 5. The Morgan fingerprint density at radius 1 is 0.940 bits per heavy atom. The molecule has 67 heavy (non-hydrogen) atoms. The second-order valence-corrected chi connectivity index (χ2v) is 27.5. The van der Waals surface area contributed by atoms with Crippen molar-refractivity contribution in [1.29, 1.82) is 0 Å². The molecule has 0 amide bonds. The van der Waals surface area contributed by atoms with Gasteiger partial charge in [0, 0.05) is 78.0 Å².